The summed E-state index contributed by atoms with van der Waals surface area (Å²) >= 11 is 0. The second-order valence-electron chi connectivity index (χ2n) is 5.00. The monoisotopic (exact) mass is 236 g/mol. The predicted octanol–water partition coefficient (Wildman–Crippen LogP) is 2.28. The first-order valence-electron chi connectivity index (χ1n) is 6.11. The molecule has 96 valence electrons. The first-order valence-corrected chi connectivity index (χ1v) is 6.11. The molecule has 0 spiro atoms. The van der Waals surface area contributed by atoms with Crippen LogP contribution in [0.2, 0.25) is 0 Å². The van der Waals surface area contributed by atoms with Crippen LogP contribution in [-0.4, -0.2) is 32.1 Å². The Labute approximate surface area is 105 Å². The lowest BCUT2D eigenvalue weighted by atomic mass is 10.1. The van der Waals surface area contributed by atoms with Gasteiger partial charge in [0, 0.05) is 19.1 Å². The van der Waals surface area contributed by atoms with E-state index in [4.69, 9.17) is 10.5 Å². The van der Waals surface area contributed by atoms with Crippen molar-refractivity contribution in [2.45, 2.75) is 19.9 Å². The van der Waals surface area contributed by atoms with Crippen molar-refractivity contribution in [1.29, 1.82) is 0 Å². The number of nitrogens with zero attached hydrogens (tertiary/aromatic N) is 1. The van der Waals surface area contributed by atoms with Gasteiger partial charge in [0.1, 0.15) is 5.75 Å². The number of likely N-dealkylation sites (N-methyl/N-ethyl adjacent to an activating group) is 1. The summed E-state index contributed by atoms with van der Waals surface area (Å²) in [7, 11) is 3.79. The Morgan fingerprint density at radius 3 is 2.59 bits per heavy atom. The molecule has 0 aliphatic carbocycles. The van der Waals surface area contributed by atoms with Crippen LogP contribution in [0.1, 0.15) is 25.5 Å². The molecule has 1 atom stereocenters. The molecule has 1 rings (SSSR count). The van der Waals surface area contributed by atoms with Gasteiger partial charge in [-0.15, -0.1) is 0 Å². The van der Waals surface area contributed by atoms with E-state index in [1.807, 2.05) is 18.2 Å². The Balaban J connectivity index is 2.59. The zero-order valence-corrected chi connectivity index (χ0v) is 11.3. The van der Waals surface area contributed by atoms with Crippen LogP contribution in [0.25, 0.3) is 0 Å². The summed E-state index contributed by atoms with van der Waals surface area (Å²) in [6.45, 7) is 6.37. The van der Waals surface area contributed by atoms with Crippen LogP contribution in [0.15, 0.2) is 24.3 Å². The normalized spacial score (nSPS) is 13.1. The summed E-state index contributed by atoms with van der Waals surface area (Å²) in [5, 5.41) is 0. The van der Waals surface area contributed by atoms with Gasteiger partial charge in [-0.2, -0.15) is 0 Å². The van der Waals surface area contributed by atoms with E-state index in [-0.39, 0.29) is 6.04 Å². The van der Waals surface area contributed by atoms with Gasteiger partial charge in [0.05, 0.1) is 7.11 Å². The Hall–Kier alpha value is -1.06. The molecule has 2 N–H and O–H groups in total. The second kappa shape index (κ2) is 6.62. The summed E-state index contributed by atoms with van der Waals surface area (Å²) < 4.78 is 5.21. The summed E-state index contributed by atoms with van der Waals surface area (Å²) in [6.07, 6.45) is 0. The molecule has 0 saturated heterocycles. The average molecular weight is 236 g/mol. The van der Waals surface area contributed by atoms with Gasteiger partial charge >= 0.3 is 0 Å². The Morgan fingerprint density at radius 1 is 1.29 bits per heavy atom. The molecule has 0 fully saturated rings. The first-order chi connectivity index (χ1) is 8.02. The molecule has 0 aliphatic heterocycles. The molecule has 17 heavy (non-hydrogen) atoms. The van der Waals surface area contributed by atoms with Crippen LogP contribution in [0.5, 0.6) is 5.75 Å². The number of benzene rings is 1. The third kappa shape index (κ3) is 4.75. The summed E-state index contributed by atoms with van der Waals surface area (Å²) in [4.78, 5) is 2.27. The molecular weight excluding hydrogens is 212 g/mol. The van der Waals surface area contributed by atoms with E-state index >= 15 is 0 Å². The van der Waals surface area contributed by atoms with Gasteiger partial charge in [-0.05, 0) is 30.7 Å². The van der Waals surface area contributed by atoms with Gasteiger partial charge in [0.2, 0.25) is 0 Å². The van der Waals surface area contributed by atoms with Crippen LogP contribution in [0.4, 0.5) is 0 Å². The second-order valence-corrected chi connectivity index (χ2v) is 5.00. The maximum atomic E-state index is 6.20. The van der Waals surface area contributed by atoms with Gasteiger partial charge in [-0.25, -0.2) is 0 Å². The Bertz CT molecular complexity index is 339. The fourth-order valence-electron chi connectivity index (χ4n) is 2.01. The van der Waals surface area contributed by atoms with Crippen LogP contribution in [0, 0.1) is 5.92 Å². The lowest BCUT2D eigenvalue weighted by molar-refractivity contribution is 0.279. The standard InChI is InChI=1S/C14H24N2O/c1-11(2)9-16(3)10-14(15)12-6-5-7-13(8-12)17-4/h5-8,11,14H,9-10,15H2,1-4H3. The van der Waals surface area contributed by atoms with Crippen molar-refractivity contribution in [3.8, 4) is 5.75 Å². The molecule has 0 radical (unpaired) electrons. The first kappa shape index (κ1) is 14.0. The number of hydrogen-bond donors (Lipinski definition) is 1. The van der Waals surface area contributed by atoms with Gasteiger partial charge in [-0.1, -0.05) is 26.0 Å². The summed E-state index contributed by atoms with van der Waals surface area (Å²) in [5.74, 6) is 1.53. The van der Waals surface area contributed by atoms with Crippen LogP contribution in [-0.2, 0) is 0 Å². The molecule has 1 aromatic rings. The van der Waals surface area contributed by atoms with Crippen molar-refractivity contribution in [3.05, 3.63) is 29.8 Å². The fraction of sp³-hybridized carbons (Fsp3) is 0.571. The number of methoxy groups -OCH3 is 1. The van der Waals surface area contributed by atoms with Crippen molar-refractivity contribution in [2.75, 3.05) is 27.2 Å². The highest BCUT2D eigenvalue weighted by molar-refractivity contribution is 5.30. The minimum atomic E-state index is 0.0360. The molecule has 0 bridgehead atoms. The van der Waals surface area contributed by atoms with Gasteiger partial charge in [0.25, 0.3) is 0 Å². The lowest BCUT2D eigenvalue weighted by Gasteiger charge is -2.23. The Morgan fingerprint density at radius 2 is 2.00 bits per heavy atom. The van der Waals surface area contributed by atoms with E-state index in [0.29, 0.717) is 5.92 Å². The van der Waals surface area contributed by atoms with Crippen molar-refractivity contribution < 1.29 is 4.74 Å². The van der Waals surface area contributed by atoms with E-state index in [9.17, 15) is 0 Å². The average Bonchev–Trinajstić information content (AvgIpc) is 2.27. The highest BCUT2D eigenvalue weighted by Gasteiger charge is 2.10. The SMILES string of the molecule is COc1cccc(C(N)CN(C)CC(C)C)c1. The smallest absolute Gasteiger partial charge is 0.119 e. The van der Waals surface area contributed by atoms with E-state index < -0.39 is 0 Å². The lowest BCUT2D eigenvalue weighted by Crippen LogP contribution is -2.31. The number of rotatable bonds is 6. The molecule has 0 saturated carbocycles. The molecule has 0 amide bonds. The van der Waals surface area contributed by atoms with E-state index in [1.165, 1.54) is 0 Å². The van der Waals surface area contributed by atoms with Crippen LogP contribution < -0.4 is 10.5 Å². The molecule has 3 heteroatoms. The molecule has 0 aromatic heterocycles. The summed E-state index contributed by atoms with van der Waals surface area (Å²) in [6, 6.07) is 8.02. The maximum Gasteiger partial charge on any atom is 0.119 e. The van der Waals surface area contributed by atoms with Crippen molar-refractivity contribution in [2.24, 2.45) is 11.7 Å². The number of hydrogen-bond acceptors (Lipinski definition) is 3. The topological polar surface area (TPSA) is 38.5 Å². The van der Waals surface area contributed by atoms with E-state index in [0.717, 1.165) is 24.4 Å². The van der Waals surface area contributed by atoms with Crippen molar-refractivity contribution in [1.82, 2.24) is 4.90 Å². The van der Waals surface area contributed by atoms with Crippen LogP contribution in [0.3, 0.4) is 0 Å². The quantitative estimate of drug-likeness (QED) is 0.823. The molecular formula is C14H24N2O. The summed E-state index contributed by atoms with van der Waals surface area (Å²) in [5.41, 5.74) is 7.32. The third-order valence-corrected chi connectivity index (χ3v) is 2.71. The van der Waals surface area contributed by atoms with Crippen LogP contribution >= 0.6 is 0 Å². The zero-order chi connectivity index (χ0) is 12.8. The molecule has 0 heterocycles. The van der Waals surface area contributed by atoms with Gasteiger partial charge in [-0.3, -0.25) is 0 Å². The predicted molar refractivity (Wildman–Crippen MR) is 72.3 cm³/mol. The van der Waals surface area contributed by atoms with E-state index in [2.05, 4.69) is 31.9 Å². The minimum Gasteiger partial charge on any atom is -0.497 e. The minimum absolute atomic E-state index is 0.0360. The van der Waals surface area contributed by atoms with Crippen molar-refractivity contribution in [3.63, 3.8) is 0 Å². The zero-order valence-electron chi connectivity index (χ0n) is 11.3. The molecule has 1 aromatic carbocycles. The van der Waals surface area contributed by atoms with Gasteiger partial charge < -0.3 is 15.4 Å². The largest absolute Gasteiger partial charge is 0.497 e. The van der Waals surface area contributed by atoms with Crippen molar-refractivity contribution >= 4 is 0 Å². The fourth-order valence-corrected chi connectivity index (χ4v) is 2.01. The molecule has 0 aliphatic rings. The highest BCUT2D eigenvalue weighted by atomic mass is 16.5. The molecule has 1 unspecified atom stereocenters. The van der Waals surface area contributed by atoms with E-state index in [1.54, 1.807) is 7.11 Å². The molecule has 3 nitrogen and oxygen atoms in total. The maximum absolute atomic E-state index is 6.20. The third-order valence-electron chi connectivity index (χ3n) is 2.71. The number of nitrogens with two attached hydrogens (primary N) is 1. The highest BCUT2D eigenvalue weighted by Crippen LogP contribution is 2.18. The number of ether oxygens (including phenoxy) is 1. The van der Waals surface area contributed by atoms with Gasteiger partial charge in [0.15, 0.2) is 0 Å². The Kier molecular flexibility index (Phi) is 5.45.